The number of carbonyl (C=O) groups excluding carboxylic acids is 1. The minimum atomic E-state index is -0.316. The van der Waals surface area contributed by atoms with E-state index in [9.17, 15) is 4.79 Å². The van der Waals surface area contributed by atoms with Crippen molar-refractivity contribution in [2.24, 2.45) is 11.7 Å². The number of hydrogen-bond donors (Lipinski definition) is 1. The van der Waals surface area contributed by atoms with Crippen LogP contribution >= 0.6 is 0 Å². The molecule has 1 aliphatic rings. The predicted octanol–water partition coefficient (Wildman–Crippen LogP) is 2.17. The summed E-state index contributed by atoms with van der Waals surface area (Å²) < 4.78 is 0. The number of nitrogens with zero attached hydrogens (tertiary/aromatic N) is 2. The molecular formula is C18H21N3O. The largest absolute Gasteiger partial charge is 0.368 e. The van der Waals surface area contributed by atoms with Crippen LogP contribution in [0.4, 0.5) is 0 Å². The molecule has 2 heterocycles. The quantitative estimate of drug-likeness (QED) is 0.919. The second-order valence-electron chi connectivity index (χ2n) is 5.92. The zero-order valence-corrected chi connectivity index (χ0v) is 12.6. The number of amides is 1. The van der Waals surface area contributed by atoms with Gasteiger partial charge in [-0.25, -0.2) is 0 Å². The average Bonchev–Trinajstić information content (AvgIpc) is 2.97. The van der Waals surface area contributed by atoms with Crippen LogP contribution in [0.25, 0.3) is 0 Å². The fourth-order valence-electron chi connectivity index (χ4n) is 3.31. The van der Waals surface area contributed by atoms with Crippen molar-refractivity contribution >= 4 is 5.91 Å². The number of benzene rings is 1. The summed E-state index contributed by atoms with van der Waals surface area (Å²) in [4.78, 5) is 18.2. The highest BCUT2D eigenvalue weighted by Gasteiger charge is 2.32. The van der Waals surface area contributed by atoms with E-state index in [0.29, 0.717) is 5.92 Å². The molecule has 0 saturated carbocycles. The van der Waals surface area contributed by atoms with Gasteiger partial charge in [0, 0.05) is 18.9 Å². The van der Waals surface area contributed by atoms with E-state index >= 15 is 0 Å². The Morgan fingerprint density at radius 1 is 1.23 bits per heavy atom. The van der Waals surface area contributed by atoms with Crippen LogP contribution in [-0.4, -0.2) is 28.9 Å². The van der Waals surface area contributed by atoms with Gasteiger partial charge in [0.15, 0.2) is 0 Å². The summed E-state index contributed by atoms with van der Waals surface area (Å²) in [6.45, 7) is 1.82. The van der Waals surface area contributed by atoms with Crippen LogP contribution in [0, 0.1) is 5.92 Å². The molecule has 2 N–H and O–H groups in total. The molecule has 1 amide bonds. The van der Waals surface area contributed by atoms with Crippen molar-refractivity contribution in [3.63, 3.8) is 0 Å². The average molecular weight is 295 g/mol. The molecule has 1 aliphatic heterocycles. The monoisotopic (exact) mass is 295 g/mol. The molecule has 2 atom stereocenters. The van der Waals surface area contributed by atoms with Gasteiger partial charge < -0.3 is 5.73 Å². The summed E-state index contributed by atoms with van der Waals surface area (Å²) in [6.07, 6.45) is 5.79. The second-order valence-corrected chi connectivity index (χ2v) is 5.92. The Kier molecular flexibility index (Phi) is 4.49. The first-order chi connectivity index (χ1) is 10.7. The Bertz CT molecular complexity index is 615. The smallest absolute Gasteiger partial charge is 0.239 e. The van der Waals surface area contributed by atoms with Gasteiger partial charge in [-0.3, -0.25) is 14.7 Å². The molecule has 1 aromatic heterocycles. The van der Waals surface area contributed by atoms with Gasteiger partial charge in [-0.2, -0.15) is 0 Å². The lowest BCUT2D eigenvalue weighted by atomic mass is 9.99. The number of carbonyl (C=O) groups is 1. The molecule has 4 heteroatoms. The highest BCUT2D eigenvalue weighted by molar-refractivity contribution is 5.81. The van der Waals surface area contributed by atoms with Crippen molar-refractivity contribution in [2.75, 3.05) is 13.1 Å². The van der Waals surface area contributed by atoms with Crippen molar-refractivity contribution in [3.05, 3.63) is 66.0 Å². The molecule has 0 bridgehead atoms. The maximum Gasteiger partial charge on any atom is 0.239 e. The van der Waals surface area contributed by atoms with E-state index in [1.807, 2.05) is 42.7 Å². The number of nitrogens with two attached hydrogens (primary N) is 1. The zero-order chi connectivity index (χ0) is 15.4. The van der Waals surface area contributed by atoms with Crippen LogP contribution in [0.15, 0.2) is 54.9 Å². The van der Waals surface area contributed by atoms with Crippen LogP contribution in [0.1, 0.15) is 23.6 Å². The molecule has 1 fully saturated rings. The molecule has 1 aromatic carbocycles. The molecule has 2 aromatic rings. The molecule has 0 radical (unpaired) electrons. The molecule has 114 valence electrons. The summed E-state index contributed by atoms with van der Waals surface area (Å²) in [5, 5.41) is 0. The van der Waals surface area contributed by atoms with Crippen LogP contribution < -0.4 is 5.73 Å². The predicted molar refractivity (Wildman–Crippen MR) is 86.0 cm³/mol. The molecular weight excluding hydrogens is 274 g/mol. The van der Waals surface area contributed by atoms with Gasteiger partial charge in [-0.1, -0.05) is 30.3 Å². The number of hydrogen-bond acceptors (Lipinski definition) is 3. The second kappa shape index (κ2) is 6.71. The van der Waals surface area contributed by atoms with E-state index in [2.05, 4.69) is 22.0 Å². The Morgan fingerprint density at radius 2 is 1.95 bits per heavy atom. The molecule has 0 aliphatic carbocycles. The number of likely N-dealkylation sites (tertiary alicyclic amines) is 1. The number of primary amides is 1. The third kappa shape index (κ3) is 3.34. The summed E-state index contributed by atoms with van der Waals surface area (Å²) in [5.41, 5.74) is 7.95. The molecule has 0 spiro atoms. The maximum absolute atomic E-state index is 11.9. The van der Waals surface area contributed by atoms with Crippen LogP contribution in [0.5, 0.6) is 0 Å². The summed E-state index contributed by atoms with van der Waals surface area (Å²) >= 11 is 0. The first kappa shape index (κ1) is 14.7. The minimum absolute atomic E-state index is 0.268. The summed E-state index contributed by atoms with van der Waals surface area (Å²) in [7, 11) is 0. The van der Waals surface area contributed by atoms with Gasteiger partial charge in [-0.05, 0) is 48.6 Å². The molecule has 2 unspecified atom stereocenters. The van der Waals surface area contributed by atoms with Crippen molar-refractivity contribution in [2.45, 2.75) is 18.9 Å². The lowest BCUT2D eigenvalue weighted by Gasteiger charge is -2.25. The van der Waals surface area contributed by atoms with Gasteiger partial charge in [0.1, 0.15) is 6.04 Å². The fraction of sp³-hybridized carbons (Fsp3) is 0.333. The van der Waals surface area contributed by atoms with Crippen LogP contribution in [-0.2, 0) is 11.2 Å². The van der Waals surface area contributed by atoms with Crippen molar-refractivity contribution in [1.29, 1.82) is 0 Å². The highest BCUT2D eigenvalue weighted by Crippen LogP contribution is 2.29. The van der Waals surface area contributed by atoms with E-state index in [1.165, 1.54) is 5.56 Å². The van der Waals surface area contributed by atoms with E-state index in [0.717, 1.165) is 31.5 Å². The van der Waals surface area contributed by atoms with Gasteiger partial charge in [0.25, 0.3) is 0 Å². The third-order valence-corrected chi connectivity index (χ3v) is 4.34. The molecule has 4 nitrogen and oxygen atoms in total. The SMILES string of the molecule is NC(=O)C(c1ccccc1)N1CCC(Cc2ccncc2)C1. The standard InChI is InChI=1S/C18H21N3O/c19-18(22)17(16-4-2-1-3-5-16)21-11-8-15(13-21)12-14-6-9-20-10-7-14/h1-7,9-10,15,17H,8,11-13H2,(H2,19,22). The van der Waals surface area contributed by atoms with E-state index in [-0.39, 0.29) is 11.9 Å². The first-order valence-corrected chi connectivity index (χ1v) is 7.71. The van der Waals surface area contributed by atoms with E-state index in [4.69, 9.17) is 5.73 Å². The number of rotatable bonds is 5. The first-order valence-electron chi connectivity index (χ1n) is 7.71. The van der Waals surface area contributed by atoms with Crippen molar-refractivity contribution < 1.29 is 4.79 Å². The molecule has 1 saturated heterocycles. The van der Waals surface area contributed by atoms with Gasteiger partial charge in [0.05, 0.1) is 0 Å². The van der Waals surface area contributed by atoms with E-state index < -0.39 is 0 Å². The maximum atomic E-state index is 11.9. The zero-order valence-electron chi connectivity index (χ0n) is 12.6. The molecule has 22 heavy (non-hydrogen) atoms. The third-order valence-electron chi connectivity index (χ3n) is 4.34. The Morgan fingerprint density at radius 3 is 2.64 bits per heavy atom. The summed E-state index contributed by atoms with van der Waals surface area (Å²) in [5.74, 6) is 0.295. The van der Waals surface area contributed by atoms with Gasteiger partial charge in [-0.15, -0.1) is 0 Å². The highest BCUT2D eigenvalue weighted by atomic mass is 16.1. The molecule has 3 rings (SSSR count). The Labute approximate surface area is 131 Å². The van der Waals surface area contributed by atoms with Crippen molar-refractivity contribution in [1.82, 2.24) is 9.88 Å². The Balaban J connectivity index is 1.69. The lowest BCUT2D eigenvalue weighted by Crippen LogP contribution is -2.36. The normalized spacial score (nSPS) is 19.9. The topological polar surface area (TPSA) is 59.2 Å². The van der Waals surface area contributed by atoms with Gasteiger partial charge in [0.2, 0.25) is 5.91 Å². The fourth-order valence-corrected chi connectivity index (χ4v) is 3.31. The number of aromatic nitrogens is 1. The number of pyridine rings is 1. The van der Waals surface area contributed by atoms with Crippen molar-refractivity contribution in [3.8, 4) is 0 Å². The Hall–Kier alpha value is -2.20. The lowest BCUT2D eigenvalue weighted by molar-refractivity contribution is -0.123. The van der Waals surface area contributed by atoms with Crippen LogP contribution in [0.3, 0.4) is 0 Å². The minimum Gasteiger partial charge on any atom is -0.368 e. The van der Waals surface area contributed by atoms with Crippen LogP contribution in [0.2, 0.25) is 0 Å². The van der Waals surface area contributed by atoms with Gasteiger partial charge >= 0.3 is 0 Å². The summed E-state index contributed by atoms with van der Waals surface area (Å²) in [6, 6.07) is 13.6. The van der Waals surface area contributed by atoms with E-state index in [1.54, 1.807) is 0 Å².